The van der Waals surface area contributed by atoms with Crippen LogP contribution in [-0.4, -0.2) is 26.9 Å². The van der Waals surface area contributed by atoms with E-state index in [1.807, 2.05) is 0 Å². The Kier molecular flexibility index (Phi) is 2.75. The molecule has 50 valence electrons. The topological polar surface area (TPSA) is 18.5 Å². The monoisotopic (exact) mass is 122 g/mol. The van der Waals surface area contributed by atoms with Crippen molar-refractivity contribution in [3.63, 3.8) is 0 Å². The van der Waals surface area contributed by atoms with Crippen molar-refractivity contribution in [2.45, 2.75) is 13.3 Å². The van der Waals surface area contributed by atoms with Crippen molar-refractivity contribution < 1.29 is 15.0 Å². The van der Waals surface area contributed by atoms with E-state index in [0.717, 1.165) is 6.92 Å². The normalized spacial score (nSPS) is 20.8. The molecule has 0 amide bonds. The maximum atomic E-state index is 7.17. The zero-order valence-electron chi connectivity index (χ0n) is 9.23. The van der Waals surface area contributed by atoms with Gasteiger partial charge in [0.2, 0.25) is 0 Å². The van der Waals surface area contributed by atoms with E-state index >= 15 is 0 Å². The van der Waals surface area contributed by atoms with Crippen LogP contribution in [0, 0.1) is 0 Å². The van der Waals surface area contributed by atoms with Crippen LogP contribution in [0.15, 0.2) is 0 Å². The molecule has 0 bridgehead atoms. The molecule has 0 saturated carbocycles. The van der Waals surface area contributed by atoms with E-state index in [9.17, 15) is 0 Å². The fraction of sp³-hybridized carbons (Fsp3) is 1.00. The van der Waals surface area contributed by atoms with Crippen LogP contribution in [0.4, 0.5) is 0 Å². The molecule has 0 aliphatic rings. The third-order valence-corrected chi connectivity index (χ3v) is 0.564. The third-order valence-electron chi connectivity index (χ3n) is 0.564. The first-order valence-electron chi connectivity index (χ1n) is 4.44. The maximum Gasteiger partial charge on any atom is 0.0700 e. The van der Waals surface area contributed by atoms with Crippen LogP contribution in [0.3, 0.4) is 0 Å². The van der Waals surface area contributed by atoms with Crippen molar-refractivity contribution in [1.82, 2.24) is 0 Å². The van der Waals surface area contributed by atoms with Crippen LogP contribution < -0.4 is 0 Å². The Morgan fingerprint density at radius 2 is 2.25 bits per heavy atom. The van der Waals surface area contributed by atoms with E-state index in [-0.39, 0.29) is 13.2 Å². The lowest BCUT2D eigenvalue weighted by Gasteiger charge is -1.98. The number of ether oxygens (including phenoxy) is 2. The summed E-state index contributed by atoms with van der Waals surface area (Å²) in [6, 6.07) is 0. The Morgan fingerprint density at radius 1 is 1.50 bits per heavy atom. The summed E-state index contributed by atoms with van der Waals surface area (Å²) in [5, 5.41) is 0. The lowest BCUT2D eigenvalue weighted by atomic mass is 10.5. The summed E-state index contributed by atoms with van der Waals surface area (Å²) in [4.78, 5) is 0. The molecule has 0 aliphatic heterocycles. The van der Waals surface area contributed by atoms with Crippen LogP contribution in [0.1, 0.15) is 18.8 Å². The standard InChI is InChI=1S/C6H14O2/c1-3-4-8-6-5-7-2/h3-6H2,1-2H3/i3D2,4D2. The molecule has 0 aliphatic carbocycles. The second-order valence-electron chi connectivity index (χ2n) is 1.19. The Bertz CT molecular complexity index is 132. The smallest absolute Gasteiger partial charge is 0.0700 e. The van der Waals surface area contributed by atoms with Crippen LogP contribution in [0.2, 0.25) is 0 Å². The van der Waals surface area contributed by atoms with E-state index in [2.05, 4.69) is 9.47 Å². The molecule has 2 heteroatoms. The zero-order chi connectivity index (χ0) is 9.83. The van der Waals surface area contributed by atoms with Gasteiger partial charge >= 0.3 is 0 Å². The van der Waals surface area contributed by atoms with Crippen molar-refractivity contribution in [1.29, 1.82) is 0 Å². The molecule has 0 N–H and O–H groups in total. The van der Waals surface area contributed by atoms with Gasteiger partial charge in [-0.1, -0.05) is 6.92 Å². The number of methoxy groups -OCH3 is 1. The first-order chi connectivity index (χ1) is 5.31. The molecule has 0 aromatic heterocycles. The van der Waals surface area contributed by atoms with Gasteiger partial charge < -0.3 is 9.47 Å². The Morgan fingerprint density at radius 3 is 2.75 bits per heavy atom. The first-order valence-corrected chi connectivity index (χ1v) is 2.44. The highest BCUT2D eigenvalue weighted by Crippen LogP contribution is 1.78. The molecular weight excluding hydrogens is 104 g/mol. The van der Waals surface area contributed by atoms with Gasteiger partial charge in [-0.25, -0.2) is 0 Å². The van der Waals surface area contributed by atoms with Crippen molar-refractivity contribution in [2.24, 2.45) is 0 Å². The Labute approximate surface area is 56.4 Å². The second kappa shape index (κ2) is 6.92. The molecule has 0 fully saturated rings. The predicted octanol–water partition coefficient (Wildman–Crippen LogP) is 1.06. The molecule has 0 atom stereocenters. The Balaban J connectivity index is 3.88. The summed E-state index contributed by atoms with van der Waals surface area (Å²) in [6.45, 7) is -0.808. The van der Waals surface area contributed by atoms with Gasteiger partial charge in [0.05, 0.1) is 16.0 Å². The molecule has 0 spiro atoms. The van der Waals surface area contributed by atoms with Gasteiger partial charge in [-0.3, -0.25) is 0 Å². The summed E-state index contributed by atoms with van der Waals surface area (Å²) in [6.07, 6.45) is -2.00. The van der Waals surface area contributed by atoms with Gasteiger partial charge in [-0.05, 0) is 6.37 Å². The first kappa shape index (κ1) is 3.18. The highest BCUT2D eigenvalue weighted by molar-refractivity contribution is 4.26. The highest BCUT2D eigenvalue weighted by Gasteiger charge is 1.81. The molecule has 0 aromatic carbocycles. The van der Waals surface area contributed by atoms with E-state index in [0.29, 0.717) is 0 Å². The van der Waals surface area contributed by atoms with Gasteiger partial charge in [0.1, 0.15) is 0 Å². The minimum atomic E-state index is -2.26. The minimum Gasteiger partial charge on any atom is -0.382 e. The zero-order valence-corrected chi connectivity index (χ0v) is 5.23. The van der Waals surface area contributed by atoms with Gasteiger partial charge in [0, 0.05) is 16.4 Å². The van der Waals surface area contributed by atoms with Crippen LogP contribution in [0.25, 0.3) is 0 Å². The van der Waals surface area contributed by atoms with E-state index in [1.54, 1.807) is 0 Å². The molecule has 0 heterocycles. The fourth-order valence-electron chi connectivity index (χ4n) is 0.248. The molecule has 0 saturated heterocycles. The molecular formula is C6H14O2. The minimum absolute atomic E-state index is 0.0524. The summed E-state index contributed by atoms with van der Waals surface area (Å²) in [7, 11) is 1.47. The van der Waals surface area contributed by atoms with Crippen LogP contribution >= 0.6 is 0 Å². The lowest BCUT2D eigenvalue weighted by molar-refractivity contribution is 0.0710. The predicted molar refractivity (Wildman–Crippen MR) is 33.0 cm³/mol. The highest BCUT2D eigenvalue weighted by atomic mass is 16.5. The Hall–Kier alpha value is -0.0800. The van der Waals surface area contributed by atoms with E-state index in [1.165, 1.54) is 7.11 Å². The molecule has 0 rings (SSSR count). The van der Waals surface area contributed by atoms with Crippen LogP contribution in [-0.2, 0) is 9.47 Å². The average Bonchev–Trinajstić information content (AvgIpc) is 1.85. The maximum absolute atomic E-state index is 7.17. The SMILES string of the molecule is [2H]C([2H])(C)C([2H])([2H])OCCOC. The van der Waals surface area contributed by atoms with Crippen molar-refractivity contribution >= 4 is 0 Å². The quantitative estimate of drug-likeness (QED) is 0.508. The molecule has 0 radical (unpaired) electrons. The largest absolute Gasteiger partial charge is 0.382 e. The number of rotatable bonds is 5. The van der Waals surface area contributed by atoms with E-state index < -0.39 is 12.9 Å². The summed E-state index contributed by atoms with van der Waals surface area (Å²) in [5.41, 5.74) is 0. The summed E-state index contributed by atoms with van der Waals surface area (Å²) in [5.74, 6) is 0. The molecule has 2 nitrogen and oxygen atoms in total. The fourth-order valence-corrected chi connectivity index (χ4v) is 0.248. The number of hydrogen-bond donors (Lipinski definition) is 0. The third kappa shape index (κ3) is 5.92. The van der Waals surface area contributed by atoms with Gasteiger partial charge in [0.15, 0.2) is 0 Å². The van der Waals surface area contributed by atoms with Gasteiger partial charge in [0.25, 0.3) is 0 Å². The van der Waals surface area contributed by atoms with E-state index in [4.69, 9.17) is 5.48 Å². The lowest BCUT2D eigenvalue weighted by Crippen LogP contribution is -2.01. The summed E-state index contributed by atoms with van der Waals surface area (Å²) >= 11 is 0. The van der Waals surface area contributed by atoms with Crippen molar-refractivity contribution in [3.05, 3.63) is 0 Å². The van der Waals surface area contributed by atoms with Crippen molar-refractivity contribution in [2.75, 3.05) is 26.9 Å². The summed E-state index contributed by atoms with van der Waals surface area (Å²) < 4.78 is 37.8. The van der Waals surface area contributed by atoms with Crippen molar-refractivity contribution in [3.8, 4) is 0 Å². The molecule has 8 heavy (non-hydrogen) atoms. The van der Waals surface area contributed by atoms with Crippen LogP contribution in [0.5, 0.6) is 0 Å². The second-order valence-corrected chi connectivity index (χ2v) is 1.19. The molecule has 0 aromatic rings. The van der Waals surface area contributed by atoms with Gasteiger partial charge in [-0.2, -0.15) is 0 Å². The average molecular weight is 122 g/mol. The van der Waals surface area contributed by atoms with Gasteiger partial charge in [-0.15, -0.1) is 0 Å². The number of hydrogen-bond acceptors (Lipinski definition) is 2. The molecule has 0 unspecified atom stereocenters.